The summed E-state index contributed by atoms with van der Waals surface area (Å²) in [6, 6.07) is 0.828. The first-order valence-electron chi connectivity index (χ1n) is 8.76. The molecule has 1 aliphatic heterocycles. The lowest BCUT2D eigenvalue weighted by Gasteiger charge is -2.50. The highest BCUT2D eigenvalue weighted by molar-refractivity contribution is 4.94. The molecular weight excluding hydrogens is 244 g/mol. The van der Waals surface area contributed by atoms with E-state index in [0.717, 1.165) is 18.5 Å². The lowest BCUT2D eigenvalue weighted by Crippen LogP contribution is -2.49. The second kappa shape index (κ2) is 6.36. The fourth-order valence-corrected chi connectivity index (χ4v) is 4.92. The van der Waals surface area contributed by atoms with E-state index in [0.29, 0.717) is 10.8 Å². The first-order chi connectivity index (χ1) is 9.31. The third kappa shape index (κ3) is 4.46. The summed E-state index contributed by atoms with van der Waals surface area (Å²) in [5.41, 5.74) is 1.04. The average Bonchev–Trinajstić information content (AvgIpc) is 2.33. The predicted octanol–water partition coefficient (Wildman–Crippen LogP) is 3.91. The van der Waals surface area contributed by atoms with Crippen molar-refractivity contribution in [1.82, 2.24) is 10.2 Å². The van der Waals surface area contributed by atoms with Crippen LogP contribution in [0.3, 0.4) is 0 Å². The van der Waals surface area contributed by atoms with Crippen LogP contribution in [0.25, 0.3) is 0 Å². The van der Waals surface area contributed by atoms with Crippen molar-refractivity contribution in [3.8, 4) is 0 Å². The molecule has 2 rings (SSSR count). The smallest absolute Gasteiger partial charge is 0.0105 e. The Bertz CT molecular complexity index is 285. The number of hydrogen-bond donors (Lipinski definition) is 1. The number of nitrogens with one attached hydrogen (secondary N) is 1. The van der Waals surface area contributed by atoms with E-state index < -0.39 is 0 Å². The van der Waals surface area contributed by atoms with E-state index in [1.54, 1.807) is 0 Å². The molecule has 0 radical (unpaired) electrons. The Hall–Kier alpha value is -0.0800. The summed E-state index contributed by atoms with van der Waals surface area (Å²) >= 11 is 0. The molecule has 2 nitrogen and oxygen atoms in total. The van der Waals surface area contributed by atoms with E-state index in [2.05, 4.69) is 44.8 Å². The first-order valence-corrected chi connectivity index (χ1v) is 8.76. The molecular formula is C18H36N2. The van der Waals surface area contributed by atoms with Gasteiger partial charge in [-0.25, -0.2) is 0 Å². The Morgan fingerprint density at radius 3 is 2.05 bits per heavy atom. The monoisotopic (exact) mass is 280 g/mol. The summed E-state index contributed by atoms with van der Waals surface area (Å²) in [5.74, 6) is 0.913. The lowest BCUT2D eigenvalue weighted by molar-refractivity contribution is 0.00976. The van der Waals surface area contributed by atoms with Crippen LogP contribution in [0.4, 0.5) is 0 Å². The summed E-state index contributed by atoms with van der Waals surface area (Å²) in [7, 11) is 0. The minimum absolute atomic E-state index is 0.521. The zero-order chi connectivity index (χ0) is 14.8. The fraction of sp³-hybridized carbons (Fsp3) is 1.00. The van der Waals surface area contributed by atoms with E-state index in [-0.39, 0.29) is 0 Å². The normalized spacial score (nSPS) is 28.6. The maximum Gasteiger partial charge on any atom is 0.0105 e. The van der Waals surface area contributed by atoms with Crippen LogP contribution in [0.1, 0.15) is 66.7 Å². The minimum Gasteiger partial charge on any atom is -0.317 e. The quantitative estimate of drug-likeness (QED) is 0.840. The Balaban J connectivity index is 1.86. The SMILES string of the molecule is CCNCC1CCN(C2CC(C)(C)CC(C)(C)C2)CC1. The van der Waals surface area contributed by atoms with Gasteiger partial charge in [-0.2, -0.15) is 0 Å². The third-order valence-electron chi connectivity index (χ3n) is 5.38. The van der Waals surface area contributed by atoms with Crippen LogP contribution in [-0.2, 0) is 0 Å². The van der Waals surface area contributed by atoms with E-state index >= 15 is 0 Å². The number of rotatable bonds is 4. The van der Waals surface area contributed by atoms with Crippen molar-refractivity contribution in [1.29, 1.82) is 0 Å². The van der Waals surface area contributed by atoms with Gasteiger partial charge in [0, 0.05) is 6.04 Å². The van der Waals surface area contributed by atoms with Crippen LogP contribution in [0.15, 0.2) is 0 Å². The van der Waals surface area contributed by atoms with Crippen molar-refractivity contribution in [2.45, 2.75) is 72.8 Å². The van der Waals surface area contributed by atoms with Gasteiger partial charge in [-0.3, -0.25) is 0 Å². The van der Waals surface area contributed by atoms with Gasteiger partial charge in [-0.15, -0.1) is 0 Å². The van der Waals surface area contributed by atoms with Crippen LogP contribution in [0, 0.1) is 16.7 Å². The van der Waals surface area contributed by atoms with Gasteiger partial charge in [-0.1, -0.05) is 34.6 Å². The van der Waals surface area contributed by atoms with Gasteiger partial charge in [0.1, 0.15) is 0 Å². The number of nitrogens with zero attached hydrogens (tertiary/aromatic N) is 1. The van der Waals surface area contributed by atoms with Gasteiger partial charge >= 0.3 is 0 Å². The first kappa shape index (κ1) is 16.3. The lowest BCUT2D eigenvalue weighted by atomic mass is 9.63. The second-order valence-electron chi connectivity index (χ2n) is 8.85. The molecule has 1 N–H and O–H groups in total. The topological polar surface area (TPSA) is 15.3 Å². The molecule has 20 heavy (non-hydrogen) atoms. The standard InChI is InChI=1S/C18H36N2/c1-6-19-13-15-7-9-20(10-8-15)16-11-17(2,3)14-18(4,5)12-16/h15-16,19H,6-14H2,1-5H3. The molecule has 1 saturated heterocycles. The van der Waals surface area contributed by atoms with Crippen LogP contribution in [0.5, 0.6) is 0 Å². The van der Waals surface area contributed by atoms with E-state index in [1.165, 1.54) is 51.7 Å². The molecule has 118 valence electrons. The minimum atomic E-state index is 0.521. The molecule has 2 fully saturated rings. The number of piperidine rings is 1. The Labute approximate surface area is 126 Å². The molecule has 2 aliphatic rings. The molecule has 0 atom stereocenters. The molecule has 0 aromatic carbocycles. The summed E-state index contributed by atoms with van der Waals surface area (Å²) < 4.78 is 0. The molecule has 0 spiro atoms. The van der Waals surface area contributed by atoms with Crippen LogP contribution in [0.2, 0.25) is 0 Å². The average molecular weight is 280 g/mol. The Morgan fingerprint density at radius 1 is 1.00 bits per heavy atom. The van der Waals surface area contributed by atoms with Crippen molar-refractivity contribution in [3.63, 3.8) is 0 Å². The molecule has 0 bridgehead atoms. The van der Waals surface area contributed by atoms with Gasteiger partial charge < -0.3 is 10.2 Å². The summed E-state index contributed by atoms with van der Waals surface area (Å²) in [4.78, 5) is 2.81. The van der Waals surface area contributed by atoms with E-state index in [9.17, 15) is 0 Å². The second-order valence-corrected chi connectivity index (χ2v) is 8.85. The van der Waals surface area contributed by atoms with E-state index in [1.807, 2.05) is 0 Å². The maximum atomic E-state index is 3.52. The van der Waals surface area contributed by atoms with Gasteiger partial charge in [0.05, 0.1) is 0 Å². The summed E-state index contributed by atoms with van der Waals surface area (Å²) in [6.45, 7) is 17.1. The highest BCUT2D eigenvalue weighted by Gasteiger charge is 2.41. The molecule has 2 heteroatoms. The van der Waals surface area contributed by atoms with Crippen molar-refractivity contribution < 1.29 is 0 Å². The molecule has 1 aliphatic carbocycles. The summed E-state index contributed by atoms with van der Waals surface area (Å²) in [6.07, 6.45) is 6.96. The van der Waals surface area contributed by atoms with Gasteiger partial charge in [-0.05, 0) is 75.0 Å². The van der Waals surface area contributed by atoms with Gasteiger partial charge in [0.15, 0.2) is 0 Å². The van der Waals surface area contributed by atoms with Crippen molar-refractivity contribution >= 4 is 0 Å². The van der Waals surface area contributed by atoms with Crippen LogP contribution in [-0.4, -0.2) is 37.1 Å². The molecule has 1 saturated carbocycles. The zero-order valence-electron chi connectivity index (χ0n) is 14.5. The molecule has 0 aromatic rings. The third-order valence-corrected chi connectivity index (χ3v) is 5.38. The van der Waals surface area contributed by atoms with Gasteiger partial charge in [0.2, 0.25) is 0 Å². The van der Waals surface area contributed by atoms with Crippen LogP contribution >= 0.6 is 0 Å². The van der Waals surface area contributed by atoms with Crippen LogP contribution < -0.4 is 5.32 Å². The molecule has 1 heterocycles. The fourth-order valence-electron chi connectivity index (χ4n) is 4.92. The molecule has 0 unspecified atom stereocenters. The molecule has 0 amide bonds. The van der Waals surface area contributed by atoms with Gasteiger partial charge in [0.25, 0.3) is 0 Å². The van der Waals surface area contributed by atoms with Crippen molar-refractivity contribution in [3.05, 3.63) is 0 Å². The Morgan fingerprint density at radius 2 is 1.55 bits per heavy atom. The van der Waals surface area contributed by atoms with Crippen molar-refractivity contribution in [2.24, 2.45) is 16.7 Å². The summed E-state index contributed by atoms with van der Waals surface area (Å²) in [5, 5.41) is 3.52. The highest BCUT2D eigenvalue weighted by Crippen LogP contribution is 2.47. The predicted molar refractivity (Wildman–Crippen MR) is 88.0 cm³/mol. The zero-order valence-corrected chi connectivity index (χ0v) is 14.5. The van der Waals surface area contributed by atoms with E-state index in [4.69, 9.17) is 0 Å². The maximum absolute atomic E-state index is 3.52. The molecule has 0 aromatic heterocycles. The number of likely N-dealkylation sites (tertiary alicyclic amines) is 1. The Kier molecular flexibility index (Phi) is 5.18. The largest absolute Gasteiger partial charge is 0.317 e. The highest BCUT2D eigenvalue weighted by atomic mass is 15.2. The number of hydrogen-bond acceptors (Lipinski definition) is 2. The van der Waals surface area contributed by atoms with Crippen molar-refractivity contribution in [2.75, 3.05) is 26.2 Å².